The molecule has 1 aromatic rings. The smallest absolute Gasteiger partial charge is 0.323 e. The van der Waals surface area contributed by atoms with Gasteiger partial charge in [-0.05, 0) is 20.8 Å². The third-order valence-corrected chi connectivity index (χ3v) is 3.21. The summed E-state index contributed by atoms with van der Waals surface area (Å²) in [5.41, 5.74) is 0. The van der Waals surface area contributed by atoms with E-state index in [4.69, 9.17) is 4.74 Å². The monoisotopic (exact) mass is 303 g/mol. The number of hydrogen-bond donors (Lipinski definition) is 2. The molecule has 20 heavy (non-hydrogen) atoms. The van der Waals surface area contributed by atoms with Crippen LogP contribution in [0.4, 0.5) is 11.9 Å². The summed E-state index contributed by atoms with van der Waals surface area (Å²) in [6.07, 6.45) is 1.12. The van der Waals surface area contributed by atoms with Gasteiger partial charge in [-0.1, -0.05) is 0 Å². The summed E-state index contributed by atoms with van der Waals surface area (Å²) in [5.74, 6) is 0.620. The molecule has 2 N–H and O–H groups in total. The fourth-order valence-corrected chi connectivity index (χ4v) is 2.50. The van der Waals surface area contributed by atoms with Gasteiger partial charge in [-0.15, -0.1) is 0 Å². The van der Waals surface area contributed by atoms with Crippen molar-refractivity contribution in [1.82, 2.24) is 15.0 Å². The Bertz CT molecular complexity index is 547. The Labute approximate surface area is 119 Å². The molecule has 0 radical (unpaired) electrons. The van der Waals surface area contributed by atoms with Gasteiger partial charge in [0.15, 0.2) is 0 Å². The maximum atomic E-state index is 11.2. The van der Waals surface area contributed by atoms with E-state index in [1.165, 1.54) is 6.26 Å². The molecule has 0 fully saturated rings. The van der Waals surface area contributed by atoms with E-state index in [0.717, 1.165) is 0 Å². The molecule has 1 rings (SSSR count). The number of hydrogen-bond acceptors (Lipinski definition) is 8. The Kier molecular flexibility index (Phi) is 5.49. The Morgan fingerprint density at radius 1 is 1.15 bits per heavy atom. The van der Waals surface area contributed by atoms with E-state index in [0.29, 0.717) is 5.95 Å². The number of nitrogens with zero attached hydrogens (tertiary/aromatic N) is 3. The predicted molar refractivity (Wildman–Crippen MR) is 77.9 cm³/mol. The molecular weight excluding hydrogens is 282 g/mol. The molecule has 1 atom stereocenters. The van der Waals surface area contributed by atoms with Crippen LogP contribution in [0.1, 0.15) is 20.8 Å². The summed E-state index contributed by atoms with van der Waals surface area (Å²) < 4.78 is 27.9. The second-order valence-electron chi connectivity index (χ2n) is 4.82. The van der Waals surface area contributed by atoms with Gasteiger partial charge in [0.25, 0.3) is 0 Å². The van der Waals surface area contributed by atoms with Crippen LogP contribution in [0.15, 0.2) is 0 Å². The zero-order valence-electron chi connectivity index (χ0n) is 12.3. The molecule has 0 aliphatic rings. The standard InChI is InChI=1S/C11H21N5O3S/c1-7(2)19-11-15-9(12-4)14-10(16-11)13-8(3)6-20(5,17)18/h7-8H,6H2,1-5H3,(H2,12,13,14,15,16). The lowest BCUT2D eigenvalue weighted by atomic mass is 10.4. The molecule has 0 saturated heterocycles. The fraction of sp³-hybridized carbons (Fsp3) is 0.727. The van der Waals surface area contributed by atoms with Gasteiger partial charge in [-0.2, -0.15) is 15.0 Å². The third kappa shape index (κ3) is 6.00. The van der Waals surface area contributed by atoms with Crippen LogP contribution in [-0.4, -0.2) is 54.6 Å². The van der Waals surface area contributed by atoms with Gasteiger partial charge in [0.2, 0.25) is 11.9 Å². The quantitative estimate of drug-likeness (QED) is 0.752. The largest absolute Gasteiger partial charge is 0.461 e. The number of rotatable bonds is 7. The Morgan fingerprint density at radius 2 is 1.75 bits per heavy atom. The van der Waals surface area contributed by atoms with Gasteiger partial charge in [-0.3, -0.25) is 0 Å². The van der Waals surface area contributed by atoms with E-state index in [1.54, 1.807) is 14.0 Å². The highest BCUT2D eigenvalue weighted by molar-refractivity contribution is 7.90. The zero-order valence-corrected chi connectivity index (χ0v) is 13.2. The summed E-state index contributed by atoms with van der Waals surface area (Å²) in [7, 11) is -1.39. The van der Waals surface area contributed by atoms with Crippen LogP contribution in [0.3, 0.4) is 0 Å². The first-order valence-electron chi connectivity index (χ1n) is 6.24. The second kappa shape index (κ2) is 6.69. The molecule has 0 aromatic carbocycles. The topological polar surface area (TPSA) is 106 Å². The summed E-state index contributed by atoms with van der Waals surface area (Å²) >= 11 is 0. The molecule has 0 amide bonds. The first-order valence-corrected chi connectivity index (χ1v) is 8.30. The van der Waals surface area contributed by atoms with Crippen LogP contribution in [-0.2, 0) is 9.84 Å². The van der Waals surface area contributed by atoms with Crippen LogP contribution >= 0.6 is 0 Å². The van der Waals surface area contributed by atoms with Gasteiger partial charge < -0.3 is 15.4 Å². The average molecular weight is 303 g/mol. The maximum Gasteiger partial charge on any atom is 0.323 e. The van der Waals surface area contributed by atoms with E-state index in [-0.39, 0.29) is 29.9 Å². The van der Waals surface area contributed by atoms with E-state index in [9.17, 15) is 8.42 Å². The summed E-state index contributed by atoms with van der Waals surface area (Å²) in [6, 6.07) is -0.127. The fourth-order valence-electron chi connectivity index (χ4n) is 1.51. The highest BCUT2D eigenvalue weighted by Gasteiger charge is 2.14. The number of nitrogens with one attached hydrogen (secondary N) is 2. The lowest BCUT2D eigenvalue weighted by molar-refractivity contribution is 0.222. The van der Waals surface area contributed by atoms with Crippen LogP contribution in [0.2, 0.25) is 0 Å². The van der Waals surface area contributed by atoms with E-state index >= 15 is 0 Å². The molecule has 1 aromatic heterocycles. The van der Waals surface area contributed by atoms with E-state index in [1.807, 2.05) is 13.8 Å². The molecule has 114 valence electrons. The van der Waals surface area contributed by atoms with Crippen molar-refractivity contribution in [2.24, 2.45) is 0 Å². The van der Waals surface area contributed by atoms with Crippen molar-refractivity contribution in [2.45, 2.75) is 32.9 Å². The van der Waals surface area contributed by atoms with Gasteiger partial charge in [0.05, 0.1) is 11.9 Å². The molecular formula is C11H21N5O3S. The highest BCUT2D eigenvalue weighted by atomic mass is 32.2. The normalized spacial score (nSPS) is 13.1. The number of aromatic nitrogens is 3. The van der Waals surface area contributed by atoms with Crippen LogP contribution in [0.25, 0.3) is 0 Å². The second-order valence-corrected chi connectivity index (χ2v) is 7.00. The maximum absolute atomic E-state index is 11.2. The van der Waals surface area contributed by atoms with Crippen molar-refractivity contribution in [3.05, 3.63) is 0 Å². The lowest BCUT2D eigenvalue weighted by Gasteiger charge is -2.14. The van der Waals surface area contributed by atoms with E-state index < -0.39 is 9.84 Å². The van der Waals surface area contributed by atoms with E-state index in [2.05, 4.69) is 25.6 Å². The molecule has 8 nitrogen and oxygen atoms in total. The SMILES string of the molecule is CNc1nc(NC(C)CS(C)(=O)=O)nc(OC(C)C)n1. The number of anilines is 2. The molecule has 0 spiro atoms. The number of ether oxygens (including phenoxy) is 1. The highest BCUT2D eigenvalue weighted by Crippen LogP contribution is 2.13. The predicted octanol–water partition coefficient (Wildman–Crippen LogP) is 0.545. The van der Waals surface area contributed by atoms with Gasteiger partial charge >= 0.3 is 6.01 Å². The van der Waals surface area contributed by atoms with Crippen LogP contribution < -0.4 is 15.4 Å². The molecule has 0 aliphatic carbocycles. The molecule has 0 saturated carbocycles. The molecule has 0 bridgehead atoms. The van der Waals surface area contributed by atoms with Crippen LogP contribution in [0, 0.1) is 0 Å². The zero-order chi connectivity index (χ0) is 15.3. The number of sulfone groups is 1. The summed E-state index contributed by atoms with van der Waals surface area (Å²) in [6.45, 7) is 5.47. The van der Waals surface area contributed by atoms with Gasteiger partial charge in [0, 0.05) is 19.3 Å². The van der Waals surface area contributed by atoms with Crippen LogP contribution in [0.5, 0.6) is 6.01 Å². The Morgan fingerprint density at radius 3 is 2.25 bits per heavy atom. The molecule has 1 heterocycles. The van der Waals surface area contributed by atoms with Crippen molar-refractivity contribution in [3.63, 3.8) is 0 Å². The molecule has 0 aliphatic heterocycles. The minimum absolute atomic E-state index is 0.00601. The van der Waals surface area contributed by atoms with Crippen molar-refractivity contribution < 1.29 is 13.2 Å². The van der Waals surface area contributed by atoms with Crippen molar-refractivity contribution in [1.29, 1.82) is 0 Å². The Hall–Kier alpha value is -1.64. The molecule has 1 unspecified atom stereocenters. The third-order valence-electron chi connectivity index (χ3n) is 2.11. The van der Waals surface area contributed by atoms with Crippen molar-refractivity contribution in [3.8, 4) is 6.01 Å². The first-order chi connectivity index (χ1) is 9.19. The molecule has 9 heteroatoms. The first kappa shape index (κ1) is 16.4. The minimum atomic E-state index is -3.07. The lowest BCUT2D eigenvalue weighted by Crippen LogP contribution is -2.26. The Balaban J connectivity index is 2.88. The minimum Gasteiger partial charge on any atom is -0.461 e. The summed E-state index contributed by atoms with van der Waals surface area (Å²) in [5, 5.41) is 5.73. The van der Waals surface area contributed by atoms with Gasteiger partial charge in [-0.25, -0.2) is 8.42 Å². The summed E-state index contributed by atoms with van der Waals surface area (Å²) in [4.78, 5) is 12.3. The van der Waals surface area contributed by atoms with Crippen molar-refractivity contribution >= 4 is 21.7 Å². The average Bonchev–Trinajstić information content (AvgIpc) is 2.24. The van der Waals surface area contributed by atoms with Crippen molar-refractivity contribution in [2.75, 3.05) is 29.7 Å². The van der Waals surface area contributed by atoms with Gasteiger partial charge in [0.1, 0.15) is 9.84 Å².